The van der Waals surface area contributed by atoms with Gasteiger partial charge in [0.2, 0.25) is 5.91 Å². The molecule has 9 heteroatoms. The van der Waals surface area contributed by atoms with Crippen molar-refractivity contribution in [3.8, 4) is 0 Å². The zero-order chi connectivity index (χ0) is 36.3. The van der Waals surface area contributed by atoms with Crippen molar-refractivity contribution >= 4 is 45.6 Å². The summed E-state index contributed by atoms with van der Waals surface area (Å²) in [6.07, 6.45) is 5.95. The highest BCUT2D eigenvalue weighted by atomic mass is 16.3. The quantitative estimate of drug-likeness (QED) is 0.0977. The Hall–Kier alpha value is -5.28. The second-order valence-corrected chi connectivity index (χ2v) is 13.2. The van der Waals surface area contributed by atoms with E-state index in [1.807, 2.05) is 66.7 Å². The lowest BCUT2D eigenvalue weighted by Crippen LogP contribution is -2.46. The predicted molar refractivity (Wildman–Crippen MR) is 205 cm³/mol. The number of aliphatic imine (C=N–C) groups is 1. The Morgan fingerprint density at radius 2 is 1.63 bits per heavy atom. The fourth-order valence-corrected chi connectivity index (χ4v) is 6.55. The SMILES string of the molecule is CCCCN(CCCC)C(=O)/C(N)=C/C(C)=Nc1ccc(NC(=O)Cc2cccc3ccccc23)cc1C(=O)N1Cc2ccccc2CC1CO. The summed E-state index contributed by atoms with van der Waals surface area (Å²) in [5, 5.41) is 15.4. The van der Waals surface area contributed by atoms with Crippen LogP contribution in [0, 0.1) is 0 Å². The lowest BCUT2D eigenvalue weighted by Gasteiger charge is -2.36. The molecular weight excluding hydrogens is 638 g/mol. The fourth-order valence-electron chi connectivity index (χ4n) is 6.55. The number of fused-ring (bicyclic) bond motifs is 2. The number of aliphatic hydroxyl groups is 1. The van der Waals surface area contributed by atoms with Crippen molar-refractivity contribution in [2.45, 2.75) is 71.9 Å². The number of hydrogen-bond acceptors (Lipinski definition) is 6. The molecule has 51 heavy (non-hydrogen) atoms. The summed E-state index contributed by atoms with van der Waals surface area (Å²) < 4.78 is 0. The zero-order valence-electron chi connectivity index (χ0n) is 29.9. The van der Waals surface area contributed by atoms with Crippen LogP contribution in [0.1, 0.15) is 73.5 Å². The second kappa shape index (κ2) is 17.6. The van der Waals surface area contributed by atoms with Gasteiger partial charge in [-0.1, -0.05) is 93.4 Å². The first-order valence-electron chi connectivity index (χ1n) is 17.9. The highest BCUT2D eigenvalue weighted by Crippen LogP contribution is 2.30. The van der Waals surface area contributed by atoms with E-state index in [2.05, 4.69) is 19.2 Å². The van der Waals surface area contributed by atoms with Gasteiger partial charge in [-0.2, -0.15) is 0 Å². The summed E-state index contributed by atoms with van der Waals surface area (Å²) in [6.45, 7) is 7.31. The Morgan fingerprint density at radius 3 is 2.35 bits per heavy atom. The number of anilines is 1. The standard InChI is InChI=1S/C42H49N5O4/c1-4-6-21-46(22-7-5-2)42(51)38(43)23-29(3)44-39-20-19-34(45-40(49)25-32-17-12-16-30-13-10-11-18-36(30)32)26-37(39)41(50)47-27-33-15-9-8-14-31(33)24-35(47)28-48/h8-20,23,26,35,48H,4-7,21-22,24-25,27-28,43H2,1-3H3,(H,45,49)/b38-23-,44-29?. The fraction of sp³-hybridized carbons (Fsp3) is 0.333. The number of benzene rings is 4. The number of nitrogens with one attached hydrogen (secondary N) is 1. The number of rotatable bonds is 14. The monoisotopic (exact) mass is 687 g/mol. The van der Waals surface area contributed by atoms with Gasteiger partial charge in [0, 0.05) is 31.0 Å². The highest BCUT2D eigenvalue weighted by molar-refractivity contribution is 6.06. The van der Waals surface area contributed by atoms with Crippen LogP contribution in [0.2, 0.25) is 0 Å². The van der Waals surface area contributed by atoms with Crippen molar-refractivity contribution in [1.29, 1.82) is 0 Å². The van der Waals surface area contributed by atoms with E-state index >= 15 is 0 Å². The number of amides is 3. The normalized spacial score (nSPS) is 14.7. The number of nitrogens with zero attached hydrogens (tertiary/aromatic N) is 3. The van der Waals surface area contributed by atoms with Crippen LogP contribution in [-0.2, 0) is 29.0 Å². The first kappa shape index (κ1) is 37.0. The molecule has 0 saturated carbocycles. The van der Waals surface area contributed by atoms with Crippen molar-refractivity contribution in [3.05, 3.63) is 119 Å². The molecular formula is C42H49N5O4. The van der Waals surface area contributed by atoms with Crippen molar-refractivity contribution in [2.24, 2.45) is 10.7 Å². The molecule has 0 aliphatic carbocycles. The smallest absolute Gasteiger partial charge is 0.269 e. The largest absolute Gasteiger partial charge is 0.394 e. The van der Waals surface area contributed by atoms with E-state index in [0.29, 0.717) is 43.1 Å². The van der Waals surface area contributed by atoms with Crippen molar-refractivity contribution in [1.82, 2.24) is 9.80 Å². The average molecular weight is 688 g/mol. The number of unbranched alkanes of at least 4 members (excludes halogenated alkanes) is 2. The molecule has 0 aromatic heterocycles. The summed E-state index contributed by atoms with van der Waals surface area (Å²) in [7, 11) is 0. The van der Waals surface area contributed by atoms with E-state index in [0.717, 1.165) is 53.1 Å². The van der Waals surface area contributed by atoms with Crippen LogP contribution in [0.25, 0.3) is 10.8 Å². The van der Waals surface area contributed by atoms with Crippen molar-refractivity contribution < 1.29 is 19.5 Å². The van der Waals surface area contributed by atoms with Gasteiger partial charge in [0.25, 0.3) is 11.8 Å². The summed E-state index contributed by atoms with van der Waals surface area (Å²) in [4.78, 5) is 49.3. The van der Waals surface area contributed by atoms with Crippen LogP contribution in [0.3, 0.4) is 0 Å². The van der Waals surface area contributed by atoms with Crippen LogP contribution in [0.15, 0.2) is 102 Å². The Balaban J connectivity index is 1.46. The van der Waals surface area contributed by atoms with Crippen molar-refractivity contribution in [2.75, 3.05) is 25.0 Å². The van der Waals surface area contributed by atoms with Gasteiger partial charge < -0.3 is 26.0 Å². The van der Waals surface area contributed by atoms with Gasteiger partial charge in [-0.3, -0.25) is 19.4 Å². The predicted octanol–water partition coefficient (Wildman–Crippen LogP) is 6.94. The molecule has 0 radical (unpaired) electrons. The number of aliphatic hydroxyl groups excluding tert-OH is 1. The van der Waals surface area contributed by atoms with Crippen molar-refractivity contribution in [3.63, 3.8) is 0 Å². The van der Waals surface area contributed by atoms with Crippen LogP contribution in [0.4, 0.5) is 11.4 Å². The molecule has 9 nitrogen and oxygen atoms in total. The van der Waals surface area contributed by atoms with Gasteiger partial charge in [0.15, 0.2) is 0 Å². The third-order valence-electron chi connectivity index (χ3n) is 9.33. The molecule has 4 aromatic carbocycles. The van der Waals surface area contributed by atoms with Gasteiger partial charge in [-0.05, 0) is 77.9 Å². The van der Waals surface area contributed by atoms with E-state index in [-0.39, 0.29) is 42.0 Å². The second-order valence-electron chi connectivity index (χ2n) is 13.2. The third kappa shape index (κ3) is 9.29. The van der Waals surface area contributed by atoms with E-state index in [1.54, 1.807) is 41.0 Å². The molecule has 3 amide bonds. The number of nitrogens with two attached hydrogens (primary N) is 1. The molecule has 1 unspecified atom stereocenters. The van der Waals surface area contributed by atoms with Crippen LogP contribution >= 0.6 is 0 Å². The Bertz CT molecular complexity index is 1920. The maximum atomic E-state index is 14.4. The minimum atomic E-state index is -0.430. The molecule has 4 N–H and O–H groups in total. The molecule has 0 saturated heterocycles. The topological polar surface area (TPSA) is 128 Å². The summed E-state index contributed by atoms with van der Waals surface area (Å²) in [5.74, 6) is -0.773. The molecule has 1 aliphatic rings. The summed E-state index contributed by atoms with van der Waals surface area (Å²) >= 11 is 0. The van der Waals surface area contributed by atoms with E-state index in [4.69, 9.17) is 10.7 Å². The first-order chi connectivity index (χ1) is 24.7. The number of allylic oxidation sites excluding steroid dienone is 1. The number of hydrogen-bond donors (Lipinski definition) is 3. The minimum Gasteiger partial charge on any atom is -0.394 e. The summed E-state index contributed by atoms with van der Waals surface area (Å²) in [5.41, 5.74) is 11.0. The van der Waals surface area contributed by atoms with Crippen LogP contribution in [-0.4, -0.2) is 64.1 Å². The number of carbonyl (C=O) groups excluding carboxylic acids is 3. The van der Waals surface area contributed by atoms with E-state index in [1.165, 1.54) is 0 Å². The Labute approximate surface area is 300 Å². The number of carbonyl (C=O) groups is 3. The third-order valence-corrected chi connectivity index (χ3v) is 9.33. The van der Waals surface area contributed by atoms with Gasteiger partial charge in [0.1, 0.15) is 0 Å². The highest BCUT2D eigenvalue weighted by Gasteiger charge is 2.31. The Morgan fingerprint density at radius 1 is 0.941 bits per heavy atom. The molecule has 1 atom stereocenters. The maximum Gasteiger partial charge on any atom is 0.269 e. The minimum absolute atomic E-state index is 0.0848. The van der Waals surface area contributed by atoms with Gasteiger partial charge >= 0.3 is 0 Å². The molecule has 0 fully saturated rings. The van der Waals surface area contributed by atoms with E-state index in [9.17, 15) is 19.5 Å². The van der Waals surface area contributed by atoms with Crippen LogP contribution in [0.5, 0.6) is 0 Å². The molecule has 5 rings (SSSR count). The molecule has 1 aliphatic heterocycles. The molecule has 1 heterocycles. The van der Waals surface area contributed by atoms with Gasteiger partial charge in [-0.15, -0.1) is 0 Å². The average Bonchev–Trinajstić information content (AvgIpc) is 3.14. The lowest BCUT2D eigenvalue weighted by molar-refractivity contribution is -0.127. The van der Waals surface area contributed by atoms with Gasteiger partial charge in [-0.25, -0.2) is 0 Å². The van der Waals surface area contributed by atoms with E-state index < -0.39 is 6.04 Å². The lowest BCUT2D eigenvalue weighted by atomic mass is 9.93. The molecule has 0 bridgehead atoms. The zero-order valence-corrected chi connectivity index (χ0v) is 29.9. The van der Waals surface area contributed by atoms with Crippen LogP contribution < -0.4 is 11.1 Å². The maximum absolute atomic E-state index is 14.4. The molecule has 266 valence electrons. The Kier molecular flexibility index (Phi) is 12.8. The first-order valence-corrected chi connectivity index (χ1v) is 17.9. The molecule has 4 aromatic rings. The molecule has 0 spiro atoms. The van der Waals surface area contributed by atoms with Gasteiger partial charge in [0.05, 0.1) is 36.0 Å². The summed E-state index contributed by atoms with van der Waals surface area (Å²) in [6, 6.07) is 26.4.